The van der Waals surface area contributed by atoms with Gasteiger partial charge in [-0.2, -0.15) is 0 Å². The van der Waals surface area contributed by atoms with Crippen molar-refractivity contribution < 1.29 is 18.9 Å². The van der Waals surface area contributed by atoms with Crippen molar-refractivity contribution in [3.8, 4) is 32.8 Å². The Morgan fingerprint density at radius 1 is 0.600 bits per heavy atom. The molecule has 2 aliphatic rings. The Balaban J connectivity index is 1.90. The second kappa shape index (κ2) is 5.08. The van der Waals surface area contributed by atoms with Crippen LogP contribution in [0, 0.1) is 0 Å². The van der Waals surface area contributed by atoms with E-state index < -0.39 is 0 Å². The minimum Gasteiger partial charge on any atom is -0.485 e. The first-order valence-electron chi connectivity index (χ1n) is 5.92. The van der Waals surface area contributed by atoms with Gasteiger partial charge in [0.2, 0.25) is 0 Å². The quantitative estimate of drug-likeness (QED) is 0.653. The summed E-state index contributed by atoms with van der Waals surface area (Å²) in [6.07, 6.45) is 0. The molecule has 0 fully saturated rings. The molecule has 0 saturated carbocycles. The van der Waals surface area contributed by atoms with Crippen LogP contribution in [-0.2, 0) is 0 Å². The molecule has 0 amide bonds. The fourth-order valence-electron chi connectivity index (χ4n) is 2.13. The molecular weight excluding hydrogens is 432 g/mol. The predicted octanol–water partition coefficient (Wildman–Crippen LogP) is 4.54. The molecule has 2 aromatic heterocycles. The maximum atomic E-state index is 5.78. The molecule has 4 nitrogen and oxygen atoms in total. The van der Waals surface area contributed by atoms with Gasteiger partial charge in [-0.25, -0.2) is 0 Å². The van der Waals surface area contributed by atoms with Crippen molar-refractivity contribution in [2.24, 2.45) is 0 Å². The summed E-state index contributed by atoms with van der Waals surface area (Å²) in [5.74, 6) is 3.15. The molecule has 0 unspecified atom stereocenters. The van der Waals surface area contributed by atoms with Crippen LogP contribution in [0.1, 0.15) is 0 Å². The first-order chi connectivity index (χ1) is 9.75. The molecule has 0 saturated heterocycles. The van der Waals surface area contributed by atoms with Gasteiger partial charge in [0.15, 0.2) is 23.0 Å². The van der Waals surface area contributed by atoms with Gasteiger partial charge in [0.25, 0.3) is 0 Å². The van der Waals surface area contributed by atoms with Gasteiger partial charge in [0, 0.05) is 0 Å². The van der Waals surface area contributed by atoms with Crippen LogP contribution >= 0.6 is 54.5 Å². The molecule has 0 bridgehead atoms. The maximum absolute atomic E-state index is 5.78. The van der Waals surface area contributed by atoms with Crippen molar-refractivity contribution in [1.82, 2.24) is 0 Å². The first kappa shape index (κ1) is 13.2. The molecule has 106 valence electrons. The Morgan fingerprint density at radius 2 is 0.950 bits per heavy atom. The van der Waals surface area contributed by atoms with Crippen LogP contribution < -0.4 is 18.9 Å². The third kappa shape index (κ3) is 1.96. The van der Waals surface area contributed by atoms with Crippen molar-refractivity contribution in [3.05, 3.63) is 7.57 Å². The van der Waals surface area contributed by atoms with Gasteiger partial charge in [-0.3, -0.25) is 0 Å². The number of rotatable bonds is 1. The van der Waals surface area contributed by atoms with E-state index in [1.807, 2.05) is 0 Å². The Kier molecular flexibility index (Phi) is 3.36. The van der Waals surface area contributed by atoms with Crippen molar-refractivity contribution in [3.63, 3.8) is 0 Å². The average Bonchev–Trinajstić information content (AvgIpc) is 2.99. The van der Waals surface area contributed by atoms with E-state index in [9.17, 15) is 0 Å². The molecule has 20 heavy (non-hydrogen) atoms. The highest BCUT2D eigenvalue weighted by Crippen LogP contribution is 2.59. The lowest BCUT2D eigenvalue weighted by Gasteiger charge is -2.18. The first-order valence-corrected chi connectivity index (χ1v) is 9.13. The number of fused-ring (bicyclic) bond motifs is 2. The van der Waals surface area contributed by atoms with E-state index in [1.54, 1.807) is 22.7 Å². The van der Waals surface area contributed by atoms with Crippen molar-refractivity contribution in [2.75, 3.05) is 26.4 Å². The van der Waals surface area contributed by atoms with Gasteiger partial charge >= 0.3 is 0 Å². The van der Waals surface area contributed by atoms with E-state index >= 15 is 0 Å². The van der Waals surface area contributed by atoms with Crippen molar-refractivity contribution in [1.29, 1.82) is 0 Å². The largest absolute Gasteiger partial charge is 0.485 e. The maximum Gasteiger partial charge on any atom is 0.187 e. The lowest BCUT2D eigenvalue weighted by Crippen LogP contribution is -2.15. The van der Waals surface area contributed by atoms with Crippen LogP contribution in [0.15, 0.2) is 7.57 Å². The molecular formula is C12H8Br2O4S2. The van der Waals surface area contributed by atoms with E-state index in [1.165, 1.54) is 0 Å². The van der Waals surface area contributed by atoms with Gasteiger partial charge in [-0.15, -0.1) is 22.7 Å². The Morgan fingerprint density at radius 3 is 1.35 bits per heavy atom. The summed E-state index contributed by atoms with van der Waals surface area (Å²) in [6, 6.07) is 0. The molecule has 4 heterocycles. The third-order valence-corrected chi connectivity index (χ3v) is 6.66. The second-order valence-electron chi connectivity index (χ2n) is 4.12. The lowest BCUT2D eigenvalue weighted by atomic mass is 10.3. The van der Waals surface area contributed by atoms with Crippen LogP contribution in [0.3, 0.4) is 0 Å². The Hall–Kier alpha value is -0.440. The summed E-state index contributed by atoms with van der Waals surface area (Å²) < 4.78 is 24.8. The van der Waals surface area contributed by atoms with Crippen LogP contribution in [0.25, 0.3) is 9.75 Å². The molecule has 8 heteroatoms. The molecule has 0 spiro atoms. The minimum absolute atomic E-state index is 0.565. The van der Waals surface area contributed by atoms with Crippen LogP contribution in [0.5, 0.6) is 23.0 Å². The van der Waals surface area contributed by atoms with Gasteiger partial charge in [0.05, 0.1) is 9.75 Å². The fourth-order valence-corrected chi connectivity index (χ4v) is 5.65. The normalized spacial score (nSPS) is 16.3. The van der Waals surface area contributed by atoms with E-state index in [2.05, 4.69) is 31.9 Å². The summed E-state index contributed by atoms with van der Waals surface area (Å²) in [7, 11) is 0. The monoisotopic (exact) mass is 438 g/mol. The number of ether oxygens (including phenoxy) is 4. The molecule has 0 radical (unpaired) electrons. The molecule has 2 aromatic rings. The van der Waals surface area contributed by atoms with Crippen molar-refractivity contribution in [2.45, 2.75) is 0 Å². The van der Waals surface area contributed by atoms with Gasteiger partial charge in [-0.1, -0.05) is 0 Å². The number of hydrogen-bond donors (Lipinski definition) is 0. The Bertz CT molecular complexity index is 621. The zero-order valence-corrected chi connectivity index (χ0v) is 14.8. The van der Waals surface area contributed by atoms with E-state index in [4.69, 9.17) is 18.9 Å². The van der Waals surface area contributed by atoms with E-state index in [0.717, 1.165) is 40.3 Å². The zero-order valence-electron chi connectivity index (χ0n) is 10.0. The molecule has 0 N–H and O–H groups in total. The van der Waals surface area contributed by atoms with Crippen LogP contribution in [0.4, 0.5) is 0 Å². The summed E-state index contributed by atoms with van der Waals surface area (Å²) in [6.45, 7) is 2.28. The number of thiophene rings is 2. The highest BCUT2D eigenvalue weighted by Gasteiger charge is 2.31. The topological polar surface area (TPSA) is 36.9 Å². The summed E-state index contributed by atoms with van der Waals surface area (Å²) in [5, 5.41) is 0. The third-order valence-electron chi connectivity index (χ3n) is 2.92. The molecule has 0 aromatic carbocycles. The van der Waals surface area contributed by atoms with Crippen LogP contribution in [0.2, 0.25) is 0 Å². The number of halogens is 2. The second-order valence-corrected chi connectivity index (χ2v) is 8.80. The van der Waals surface area contributed by atoms with Gasteiger partial charge in [0.1, 0.15) is 34.0 Å². The molecule has 0 atom stereocenters. The summed E-state index contributed by atoms with van der Waals surface area (Å²) in [5.41, 5.74) is 0. The predicted molar refractivity (Wildman–Crippen MR) is 85.0 cm³/mol. The average molecular weight is 440 g/mol. The summed E-state index contributed by atoms with van der Waals surface area (Å²) in [4.78, 5) is 2.04. The minimum atomic E-state index is 0.565. The lowest BCUT2D eigenvalue weighted by molar-refractivity contribution is 0.171. The van der Waals surface area contributed by atoms with Gasteiger partial charge in [-0.05, 0) is 31.9 Å². The van der Waals surface area contributed by atoms with E-state index in [0.29, 0.717) is 26.4 Å². The molecule has 2 aliphatic heterocycles. The standard InChI is InChI=1S/C12H8Br2O4S2/c13-11-7-5(15-1-3-17-7)9(19-11)10-6-8(12(14)20-10)18-4-2-16-6/h1-4H2. The fraction of sp³-hybridized carbons (Fsp3) is 0.333. The highest BCUT2D eigenvalue weighted by atomic mass is 79.9. The molecule has 4 rings (SSSR count). The zero-order chi connectivity index (χ0) is 13.7. The molecule has 0 aliphatic carbocycles. The van der Waals surface area contributed by atoms with E-state index in [-0.39, 0.29) is 0 Å². The smallest absolute Gasteiger partial charge is 0.187 e. The van der Waals surface area contributed by atoms with Crippen LogP contribution in [-0.4, -0.2) is 26.4 Å². The van der Waals surface area contributed by atoms with Crippen molar-refractivity contribution >= 4 is 54.5 Å². The highest BCUT2D eigenvalue weighted by molar-refractivity contribution is 9.11. The Labute approximate surface area is 139 Å². The summed E-state index contributed by atoms with van der Waals surface area (Å²) >= 11 is 10.3. The number of hydrogen-bond acceptors (Lipinski definition) is 6. The SMILES string of the molecule is Brc1sc(-c2sc(Br)c3c2OCCO3)c2c1OCCO2. The van der Waals surface area contributed by atoms with Gasteiger partial charge < -0.3 is 18.9 Å².